The van der Waals surface area contributed by atoms with E-state index in [2.05, 4.69) is 25.6 Å². The highest BCUT2D eigenvalue weighted by molar-refractivity contribution is 7.90. The second-order valence-electron chi connectivity index (χ2n) is 7.46. The number of benzene rings is 1. The summed E-state index contributed by atoms with van der Waals surface area (Å²) in [4.78, 5) is 26.6. The molecule has 3 rings (SSSR count). The van der Waals surface area contributed by atoms with Gasteiger partial charge in [0, 0.05) is 30.1 Å². The van der Waals surface area contributed by atoms with E-state index in [0.29, 0.717) is 37.0 Å². The number of hydrogen-bond acceptors (Lipinski definition) is 8. The summed E-state index contributed by atoms with van der Waals surface area (Å²) in [6.07, 6.45) is 1.07. The molecule has 1 fully saturated rings. The van der Waals surface area contributed by atoms with Gasteiger partial charge in [0.25, 0.3) is 5.16 Å². The third-order valence-electron chi connectivity index (χ3n) is 4.38. The van der Waals surface area contributed by atoms with Crippen LogP contribution in [-0.2, 0) is 14.6 Å². The number of urea groups is 1. The third kappa shape index (κ3) is 5.42. The van der Waals surface area contributed by atoms with Gasteiger partial charge in [-0.15, -0.1) is 0 Å². The zero-order valence-corrected chi connectivity index (χ0v) is 18.2. The van der Waals surface area contributed by atoms with Gasteiger partial charge in [0.15, 0.2) is 5.82 Å². The second-order valence-corrected chi connectivity index (χ2v) is 9.37. The molecule has 30 heavy (non-hydrogen) atoms. The number of hydrogen-bond donors (Lipinski definition) is 2. The SMILES string of the molecule is CC(C)NC(=O)Nc1ccc(-c2nc(N3CCOCC3C)nc(S(C)(=O)=O)n2)cc1. The fourth-order valence-corrected chi connectivity index (χ4v) is 3.43. The fraction of sp³-hybridized carbons (Fsp3) is 0.474. The van der Waals surface area contributed by atoms with Crippen molar-refractivity contribution < 1.29 is 17.9 Å². The molecule has 1 aromatic heterocycles. The summed E-state index contributed by atoms with van der Waals surface area (Å²) < 4.78 is 29.7. The van der Waals surface area contributed by atoms with Gasteiger partial charge in [0.1, 0.15) is 0 Å². The zero-order chi connectivity index (χ0) is 21.9. The Labute approximate surface area is 176 Å². The van der Waals surface area contributed by atoms with Crippen LogP contribution in [0.4, 0.5) is 16.4 Å². The number of carbonyl (C=O) groups is 1. The maximum Gasteiger partial charge on any atom is 0.319 e. The molecular weight excluding hydrogens is 408 g/mol. The Kier molecular flexibility index (Phi) is 6.52. The minimum absolute atomic E-state index is 0.00690. The van der Waals surface area contributed by atoms with Crippen molar-refractivity contribution >= 4 is 27.5 Å². The molecule has 0 aliphatic carbocycles. The van der Waals surface area contributed by atoms with Crippen LogP contribution < -0.4 is 15.5 Å². The summed E-state index contributed by atoms with van der Waals surface area (Å²) in [7, 11) is -3.63. The molecule has 162 valence electrons. The number of sulfone groups is 1. The van der Waals surface area contributed by atoms with E-state index < -0.39 is 9.84 Å². The highest BCUT2D eigenvalue weighted by Crippen LogP contribution is 2.23. The lowest BCUT2D eigenvalue weighted by atomic mass is 10.2. The first kappa shape index (κ1) is 21.9. The van der Waals surface area contributed by atoms with E-state index in [1.165, 1.54) is 0 Å². The van der Waals surface area contributed by atoms with Crippen LogP contribution in [0.3, 0.4) is 0 Å². The Morgan fingerprint density at radius 3 is 2.50 bits per heavy atom. The molecule has 0 radical (unpaired) electrons. The van der Waals surface area contributed by atoms with E-state index in [4.69, 9.17) is 4.74 Å². The monoisotopic (exact) mass is 434 g/mol. The summed E-state index contributed by atoms with van der Waals surface area (Å²) in [5, 5.41) is 5.20. The van der Waals surface area contributed by atoms with E-state index in [1.54, 1.807) is 24.3 Å². The minimum atomic E-state index is -3.63. The molecular formula is C19H26N6O4S. The predicted octanol–water partition coefficient (Wildman–Crippen LogP) is 1.70. The van der Waals surface area contributed by atoms with Crippen molar-refractivity contribution in [2.75, 3.05) is 36.2 Å². The highest BCUT2D eigenvalue weighted by Gasteiger charge is 2.25. The first-order valence-corrected chi connectivity index (χ1v) is 11.5. The molecule has 0 bridgehead atoms. The number of amides is 2. The summed E-state index contributed by atoms with van der Waals surface area (Å²) in [6.45, 7) is 7.28. The van der Waals surface area contributed by atoms with Gasteiger partial charge in [-0.3, -0.25) is 0 Å². The zero-order valence-electron chi connectivity index (χ0n) is 17.4. The van der Waals surface area contributed by atoms with Gasteiger partial charge >= 0.3 is 6.03 Å². The molecule has 2 aromatic rings. The van der Waals surface area contributed by atoms with Gasteiger partial charge in [-0.2, -0.15) is 15.0 Å². The number of aromatic nitrogens is 3. The number of nitrogens with one attached hydrogen (secondary N) is 2. The molecule has 2 N–H and O–H groups in total. The van der Waals surface area contributed by atoms with Crippen molar-refractivity contribution in [1.29, 1.82) is 0 Å². The van der Waals surface area contributed by atoms with E-state index in [0.717, 1.165) is 6.26 Å². The Morgan fingerprint density at radius 2 is 1.90 bits per heavy atom. The predicted molar refractivity (Wildman–Crippen MR) is 113 cm³/mol. The van der Waals surface area contributed by atoms with Crippen molar-refractivity contribution in [1.82, 2.24) is 20.3 Å². The number of morpholine rings is 1. The first-order valence-electron chi connectivity index (χ1n) is 9.62. The van der Waals surface area contributed by atoms with Crippen LogP contribution in [0.1, 0.15) is 20.8 Å². The van der Waals surface area contributed by atoms with Crippen molar-refractivity contribution in [2.24, 2.45) is 0 Å². The molecule has 1 saturated heterocycles. The Bertz CT molecular complexity index is 1010. The van der Waals surface area contributed by atoms with Gasteiger partial charge in [-0.1, -0.05) is 0 Å². The van der Waals surface area contributed by atoms with Crippen molar-refractivity contribution in [3.05, 3.63) is 24.3 Å². The van der Waals surface area contributed by atoms with Gasteiger partial charge in [-0.05, 0) is 45.0 Å². The lowest BCUT2D eigenvalue weighted by Gasteiger charge is -2.33. The minimum Gasteiger partial charge on any atom is -0.377 e. The molecule has 10 nitrogen and oxygen atoms in total. The molecule has 1 atom stereocenters. The largest absolute Gasteiger partial charge is 0.377 e. The normalized spacial score (nSPS) is 17.1. The van der Waals surface area contributed by atoms with E-state index in [-0.39, 0.29) is 29.1 Å². The highest BCUT2D eigenvalue weighted by atomic mass is 32.2. The smallest absolute Gasteiger partial charge is 0.319 e. The Balaban J connectivity index is 1.92. The first-order chi connectivity index (χ1) is 14.1. The van der Waals surface area contributed by atoms with E-state index in [9.17, 15) is 13.2 Å². The van der Waals surface area contributed by atoms with Crippen LogP contribution in [0.2, 0.25) is 0 Å². The van der Waals surface area contributed by atoms with Gasteiger partial charge < -0.3 is 20.3 Å². The van der Waals surface area contributed by atoms with Crippen LogP contribution in [-0.4, -0.2) is 67.5 Å². The molecule has 2 heterocycles. The van der Waals surface area contributed by atoms with Crippen molar-refractivity contribution in [3.8, 4) is 11.4 Å². The molecule has 1 aromatic carbocycles. The summed E-state index contributed by atoms with van der Waals surface area (Å²) in [6, 6.07) is 6.57. The van der Waals surface area contributed by atoms with E-state index in [1.807, 2.05) is 25.7 Å². The van der Waals surface area contributed by atoms with Crippen LogP contribution in [0.15, 0.2) is 29.4 Å². The number of nitrogens with zero attached hydrogens (tertiary/aromatic N) is 4. The lowest BCUT2D eigenvalue weighted by molar-refractivity contribution is 0.0980. The quantitative estimate of drug-likeness (QED) is 0.728. The second kappa shape index (κ2) is 8.92. The average Bonchev–Trinajstić information content (AvgIpc) is 2.67. The molecule has 1 unspecified atom stereocenters. The van der Waals surface area contributed by atoms with Gasteiger partial charge in [0.2, 0.25) is 15.8 Å². The number of carbonyl (C=O) groups excluding carboxylic acids is 1. The molecule has 2 amide bonds. The van der Waals surface area contributed by atoms with Crippen LogP contribution >= 0.6 is 0 Å². The standard InChI is InChI=1S/C19H26N6O4S/c1-12(2)20-18(26)21-15-7-5-14(6-8-15)16-22-17(24-19(23-16)30(4,27)28)25-9-10-29-11-13(25)3/h5-8,12-13H,9-11H2,1-4H3,(H2,20,21,26). The van der Waals surface area contributed by atoms with Gasteiger partial charge in [0.05, 0.1) is 19.3 Å². The maximum absolute atomic E-state index is 12.1. The summed E-state index contributed by atoms with van der Waals surface area (Å²) in [5.74, 6) is 0.548. The topological polar surface area (TPSA) is 126 Å². The summed E-state index contributed by atoms with van der Waals surface area (Å²) >= 11 is 0. The fourth-order valence-electron chi connectivity index (χ4n) is 2.93. The number of rotatable bonds is 5. The number of anilines is 2. The average molecular weight is 435 g/mol. The third-order valence-corrected chi connectivity index (χ3v) is 5.23. The Hall–Kier alpha value is -2.79. The Morgan fingerprint density at radius 1 is 1.20 bits per heavy atom. The lowest BCUT2D eigenvalue weighted by Crippen LogP contribution is -2.44. The molecule has 0 saturated carbocycles. The van der Waals surface area contributed by atoms with Crippen LogP contribution in [0.25, 0.3) is 11.4 Å². The van der Waals surface area contributed by atoms with Gasteiger partial charge in [-0.25, -0.2) is 13.2 Å². The molecule has 11 heteroatoms. The molecule has 1 aliphatic rings. The van der Waals surface area contributed by atoms with Crippen LogP contribution in [0, 0.1) is 0 Å². The van der Waals surface area contributed by atoms with E-state index >= 15 is 0 Å². The van der Waals surface area contributed by atoms with Crippen LogP contribution in [0.5, 0.6) is 0 Å². The molecule has 0 spiro atoms. The van der Waals surface area contributed by atoms with Crippen molar-refractivity contribution in [2.45, 2.75) is 38.0 Å². The maximum atomic E-state index is 12.1. The molecule has 1 aliphatic heterocycles. The number of ether oxygens (including phenoxy) is 1. The van der Waals surface area contributed by atoms with Crippen molar-refractivity contribution in [3.63, 3.8) is 0 Å². The summed E-state index contributed by atoms with van der Waals surface area (Å²) in [5.41, 5.74) is 1.20.